The van der Waals surface area contributed by atoms with E-state index in [-0.39, 0.29) is 0 Å². The first-order valence-electron chi connectivity index (χ1n) is 9.28. The minimum Gasteiger partial charge on any atom is -0.493 e. The average molecular weight is 381 g/mol. The predicted octanol–water partition coefficient (Wildman–Crippen LogP) is 4.39. The molecule has 1 heterocycles. The molecule has 2 aromatic carbocycles. The summed E-state index contributed by atoms with van der Waals surface area (Å²) in [5.41, 5.74) is 4.33. The first kappa shape index (κ1) is 19.6. The topological polar surface area (TPSA) is 57.5 Å². The Morgan fingerprint density at radius 1 is 1.00 bits per heavy atom. The fourth-order valence-corrected chi connectivity index (χ4v) is 3.22. The van der Waals surface area contributed by atoms with Gasteiger partial charge in [-0.25, -0.2) is 4.98 Å². The van der Waals surface area contributed by atoms with Crippen LogP contribution in [-0.2, 0) is 6.54 Å². The molecule has 1 N–H and O–H groups in total. The van der Waals surface area contributed by atoms with Gasteiger partial charge in [-0.05, 0) is 37.1 Å². The van der Waals surface area contributed by atoms with Gasteiger partial charge in [-0.1, -0.05) is 18.2 Å². The Morgan fingerprint density at radius 2 is 1.71 bits per heavy atom. The van der Waals surface area contributed by atoms with Crippen LogP contribution in [0.25, 0.3) is 11.1 Å². The molecule has 1 aromatic heterocycles. The number of hydrogen-bond acceptors (Lipinski definition) is 5. The maximum atomic E-state index is 5.50. The molecule has 6 nitrogen and oxygen atoms in total. The number of methoxy groups -OCH3 is 3. The van der Waals surface area contributed by atoms with Crippen LogP contribution >= 0.6 is 0 Å². The van der Waals surface area contributed by atoms with Crippen molar-refractivity contribution in [2.75, 3.05) is 33.2 Å². The molecule has 0 aliphatic heterocycles. The lowest BCUT2D eigenvalue weighted by molar-refractivity contribution is 0.324. The smallest absolute Gasteiger partial charge is 0.203 e. The maximum absolute atomic E-state index is 5.50. The summed E-state index contributed by atoms with van der Waals surface area (Å²) in [6.45, 7) is 3.87. The van der Waals surface area contributed by atoms with Crippen LogP contribution in [0.15, 0.2) is 48.9 Å². The van der Waals surface area contributed by atoms with Gasteiger partial charge < -0.3 is 24.1 Å². The van der Waals surface area contributed by atoms with Gasteiger partial charge in [0.15, 0.2) is 11.5 Å². The van der Waals surface area contributed by atoms with Crippen molar-refractivity contribution >= 4 is 5.69 Å². The van der Waals surface area contributed by atoms with Crippen molar-refractivity contribution in [1.29, 1.82) is 0 Å². The molecule has 0 saturated heterocycles. The number of anilines is 1. The summed E-state index contributed by atoms with van der Waals surface area (Å²) < 4.78 is 18.6. The lowest BCUT2D eigenvalue weighted by Crippen LogP contribution is -2.07. The van der Waals surface area contributed by atoms with Gasteiger partial charge in [-0.3, -0.25) is 0 Å². The van der Waals surface area contributed by atoms with E-state index in [0.29, 0.717) is 17.2 Å². The quantitative estimate of drug-likeness (QED) is 0.557. The fraction of sp³-hybridized carbons (Fsp3) is 0.318. The number of aryl methyl sites for hydroxylation is 2. The molecule has 0 fully saturated rings. The number of aromatic nitrogens is 2. The van der Waals surface area contributed by atoms with E-state index in [9.17, 15) is 0 Å². The van der Waals surface area contributed by atoms with Gasteiger partial charge in [0.05, 0.1) is 27.7 Å². The van der Waals surface area contributed by atoms with Gasteiger partial charge in [0.1, 0.15) is 0 Å². The molecular weight excluding hydrogens is 354 g/mol. The lowest BCUT2D eigenvalue weighted by Gasteiger charge is -2.17. The van der Waals surface area contributed by atoms with E-state index in [1.165, 1.54) is 5.69 Å². The molecule has 3 rings (SSSR count). The monoisotopic (exact) mass is 381 g/mol. The highest BCUT2D eigenvalue weighted by atomic mass is 16.5. The Morgan fingerprint density at radius 3 is 2.32 bits per heavy atom. The lowest BCUT2D eigenvalue weighted by atomic mass is 10.0. The Bertz CT molecular complexity index is 896. The van der Waals surface area contributed by atoms with Gasteiger partial charge in [0.2, 0.25) is 5.75 Å². The zero-order valence-electron chi connectivity index (χ0n) is 16.9. The maximum Gasteiger partial charge on any atom is 0.203 e. The Balaban J connectivity index is 1.79. The summed E-state index contributed by atoms with van der Waals surface area (Å²) >= 11 is 0. The number of ether oxygens (including phenoxy) is 3. The number of rotatable bonds is 9. The van der Waals surface area contributed by atoms with Crippen LogP contribution in [0.4, 0.5) is 5.69 Å². The zero-order chi connectivity index (χ0) is 19.9. The predicted molar refractivity (Wildman–Crippen MR) is 112 cm³/mol. The number of para-hydroxylation sites is 1. The van der Waals surface area contributed by atoms with Crippen LogP contribution in [-0.4, -0.2) is 37.4 Å². The Hall–Kier alpha value is -3.15. The van der Waals surface area contributed by atoms with Crippen molar-refractivity contribution in [3.63, 3.8) is 0 Å². The Labute approximate surface area is 166 Å². The highest BCUT2D eigenvalue weighted by Crippen LogP contribution is 2.42. The minimum atomic E-state index is 0.592. The normalized spacial score (nSPS) is 10.6. The van der Waals surface area contributed by atoms with E-state index in [2.05, 4.69) is 33.9 Å². The molecule has 0 aliphatic carbocycles. The highest BCUT2D eigenvalue weighted by molar-refractivity contribution is 5.80. The van der Waals surface area contributed by atoms with Crippen molar-refractivity contribution in [2.45, 2.75) is 19.9 Å². The van der Waals surface area contributed by atoms with Crippen molar-refractivity contribution in [2.24, 2.45) is 0 Å². The molecule has 0 atom stereocenters. The molecule has 28 heavy (non-hydrogen) atoms. The van der Waals surface area contributed by atoms with Gasteiger partial charge in [0.25, 0.3) is 0 Å². The van der Waals surface area contributed by atoms with Gasteiger partial charge in [0, 0.05) is 36.2 Å². The zero-order valence-corrected chi connectivity index (χ0v) is 16.9. The third kappa shape index (κ3) is 4.22. The van der Waals surface area contributed by atoms with Gasteiger partial charge >= 0.3 is 0 Å². The second-order valence-electron chi connectivity index (χ2n) is 6.47. The highest BCUT2D eigenvalue weighted by Gasteiger charge is 2.15. The van der Waals surface area contributed by atoms with Crippen LogP contribution in [0.3, 0.4) is 0 Å². The number of benzene rings is 2. The number of nitrogens with one attached hydrogen (secondary N) is 1. The van der Waals surface area contributed by atoms with E-state index in [1.807, 2.05) is 36.8 Å². The van der Waals surface area contributed by atoms with Crippen LogP contribution in [0.5, 0.6) is 17.2 Å². The molecule has 0 unspecified atom stereocenters. The number of hydrogen-bond donors (Lipinski definition) is 1. The fourth-order valence-electron chi connectivity index (χ4n) is 3.22. The van der Waals surface area contributed by atoms with E-state index in [4.69, 9.17) is 14.2 Å². The molecule has 3 aromatic rings. The van der Waals surface area contributed by atoms with Crippen molar-refractivity contribution in [3.05, 3.63) is 54.6 Å². The van der Waals surface area contributed by atoms with E-state index < -0.39 is 0 Å². The molecule has 148 valence electrons. The standard InChI is InChI=1S/C22H27N3O3/c1-16-14-23-15-25(16)11-7-10-24-19-9-6-5-8-18(19)17-12-20(26-2)22(28-4)21(13-17)27-3/h5-6,8-9,12-15,24H,7,10-11H2,1-4H3. The molecule has 0 bridgehead atoms. The molecule has 0 amide bonds. The van der Waals surface area contributed by atoms with Crippen LogP contribution < -0.4 is 19.5 Å². The largest absolute Gasteiger partial charge is 0.493 e. The van der Waals surface area contributed by atoms with Crippen LogP contribution in [0.1, 0.15) is 12.1 Å². The molecular formula is C22H27N3O3. The van der Waals surface area contributed by atoms with E-state index in [1.54, 1.807) is 21.3 Å². The second-order valence-corrected chi connectivity index (χ2v) is 6.47. The summed E-state index contributed by atoms with van der Waals surface area (Å²) in [7, 11) is 4.87. The second kappa shape index (κ2) is 9.17. The number of imidazole rings is 1. The van der Waals surface area contributed by atoms with E-state index in [0.717, 1.165) is 36.3 Å². The molecule has 0 spiro atoms. The third-order valence-electron chi connectivity index (χ3n) is 4.71. The van der Waals surface area contributed by atoms with Gasteiger partial charge in [-0.2, -0.15) is 0 Å². The van der Waals surface area contributed by atoms with E-state index >= 15 is 0 Å². The summed E-state index contributed by atoms with van der Waals surface area (Å²) in [5.74, 6) is 1.87. The first-order valence-corrected chi connectivity index (χ1v) is 9.28. The molecule has 0 aliphatic rings. The summed E-state index contributed by atoms with van der Waals surface area (Å²) in [6.07, 6.45) is 4.76. The third-order valence-corrected chi connectivity index (χ3v) is 4.71. The van der Waals surface area contributed by atoms with Gasteiger partial charge in [-0.15, -0.1) is 0 Å². The number of nitrogens with zero attached hydrogens (tertiary/aromatic N) is 2. The average Bonchev–Trinajstić information content (AvgIpc) is 3.15. The molecule has 0 radical (unpaired) electrons. The SMILES string of the molecule is COc1cc(-c2ccccc2NCCCn2cncc2C)cc(OC)c1OC. The summed E-state index contributed by atoms with van der Waals surface area (Å²) in [5, 5.41) is 3.55. The summed E-state index contributed by atoms with van der Waals surface area (Å²) in [4.78, 5) is 4.17. The van der Waals surface area contributed by atoms with Crippen LogP contribution in [0.2, 0.25) is 0 Å². The Kier molecular flexibility index (Phi) is 6.42. The van der Waals surface area contributed by atoms with Crippen molar-refractivity contribution in [1.82, 2.24) is 9.55 Å². The first-order chi connectivity index (χ1) is 13.7. The van der Waals surface area contributed by atoms with Crippen LogP contribution in [0, 0.1) is 6.92 Å². The summed E-state index contributed by atoms with van der Waals surface area (Å²) in [6, 6.07) is 12.2. The minimum absolute atomic E-state index is 0.592. The molecule has 0 saturated carbocycles. The van der Waals surface area contributed by atoms with Crippen molar-refractivity contribution < 1.29 is 14.2 Å². The molecule has 6 heteroatoms. The van der Waals surface area contributed by atoms with Crippen molar-refractivity contribution in [3.8, 4) is 28.4 Å².